The van der Waals surface area contributed by atoms with Crippen molar-refractivity contribution in [2.75, 3.05) is 0 Å². The molecule has 0 atom stereocenters. The standard InChI is InChI=1S/C17H14N2O/c1-12(20)10-17-18-9-8-16(19-17)15-7-6-13-4-2-3-5-14(13)11-15/h2-9,11H,10H2,1H3. The summed E-state index contributed by atoms with van der Waals surface area (Å²) in [5.74, 6) is 0.642. The molecule has 0 aliphatic carbocycles. The fourth-order valence-corrected chi connectivity index (χ4v) is 2.22. The molecule has 0 unspecified atom stereocenters. The summed E-state index contributed by atoms with van der Waals surface area (Å²) in [7, 11) is 0. The van der Waals surface area contributed by atoms with Gasteiger partial charge in [0.05, 0.1) is 12.1 Å². The van der Waals surface area contributed by atoms with Gasteiger partial charge in [-0.2, -0.15) is 0 Å². The van der Waals surface area contributed by atoms with Crippen LogP contribution < -0.4 is 0 Å². The lowest BCUT2D eigenvalue weighted by molar-refractivity contribution is -0.116. The van der Waals surface area contributed by atoms with Crippen molar-refractivity contribution in [2.45, 2.75) is 13.3 Å². The Kier molecular flexibility index (Phi) is 3.25. The summed E-state index contributed by atoms with van der Waals surface area (Å²) in [6.07, 6.45) is 1.98. The third kappa shape index (κ3) is 2.57. The minimum atomic E-state index is 0.0701. The number of benzene rings is 2. The maximum atomic E-state index is 11.2. The number of hydrogen-bond acceptors (Lipinski definition) is 3. The van der Waals surface area contributed by atoms with Crippen LogP contribution in [0, 0.1) is 0 Å². The topological polar surface area (TPSA) is 42.9 Å². The molecule has 3 rings (SSSR count). The van der Waals surface area contributed by atoms with Crippen molar-refractivity contribution in [3.8, 4) is 11.3 Å². The second-order valence-electron chi connectivity index (χ2n) is 4.80. The predicted molar refractivity (Wildman–Crippen MR) is 79.4 cm³/mol. The van der Waals surface area contributed by atoms with E-state index in [1.807, 2.05) is 24.3 Å². The van der Waals surface area contributed by atoms with E-state index in [1.165, 1.54) is 10.8 Å². The molecule has 0 saturated heterocycles. The highest BCUT2D eigenvalue weighted by atomic mass is 16.1. The van der Waals surface area contributed by atoms with E-state index in [-0.39, 0.29) is 12.2 Å². The quantitative estimate of drug-likeness (QED) is 0.726. The van der Waals surface area contributed by atoms with Crippen LogP contribution in [0.5, 0.6) is 0 Å². The third-order valence-corrected chi connectivity index (χ3v) is 3.16. The molecule has 3 nitrogen and oxygen atoms in total. The highest BCUT2D eigenvalue weighted by Crippen LogP contribution is 2.22. The minimum absolute atomic E-state index is 0.0701. The van der Waals surface area contributed by atoms with Gasteiger partial charge >= 0.3 is 0 Å². The monoisotopic (exact) mass is 262 g/mol. The van der Waals surface area contributed by atoms with Crippen LogP contribution in [0.25, 0.3) is 22.0 Å². The number of aromatic nitrogens is 2. The van der Waals surface area contributed by atoms with E-state index < -0.39 is 0 Å². The number of rotatable bonds is 3. The molecule has 0 N–H and O–H groups in total. The fourth-order valence-electron chi connectivity index (χ4n) is 2.22. The first-order chi connectivity index (χ1) is 9.72. The summed E-state index contributed by atoms with van der Waals surface area (Å²) in [5.41, 5.74) is 1.89. The zero-order valence-electron chi connectivity index (χ0n) is 11.2. The molecule has 1 aromatic heterocycles. The number of hydrogen-bond donors (Lipinski definition) is 0. The van der Waals surface area contributed by atoms with E-state index in [2.05, 4.69) is 34.2 Å². The van der Waals surface area contributed by atoms with Gasteiger partial charge in [0.25, 0.3) is 0 Å². The second kappa shape index (κ2) is 5.21. The summed E-state index contributed by atoms with van der Waals surface area (Å²) < 4.78 is 0. The molecule has 0 saturated carbocycles. The molecule has 0 spiro atoms. The van der Waals surface area contributed by atoms with Gasteiger partial charge in [-0.15, -0.1) is 0 Å². The molecule has 3 heteroatoms. The van der Waals surface area contributed by atoms with Crippen LogP contribution in [-0.4, -0.2) is 15.8 Å². The maximum absolute atomic E-state index is 11.2. The van der Waals surface area contributed by atoms with Crippen molar-refractivity contribution in [3.63, 3.8) is 0 Å². The van der Waals surface area contributed by atoms with E-state index in [4.69, 9.17) is 0 Å². The Balaban J connectivity index is 2.03. The number of carbonyl (C=O) groups is 1. The van der Waals surface area contributed by atoms with Crippen LogP contribution in [0.1, 0.15) is 12.7 Å². The summed E-state index contributed by atoms with van der Waals surface area (Å²) in [5, 5.41) is 2.38. The molecule has 0 fully saturated rings. The van der Waals surface area contributed by atoms with Crippen molar-refractivity contribution in [1.29, 1.82) is 0 Å². The first-order valence-corrected chi connectivity index (χ1v) is 6.53. The molecular formula is C17H14N2O. The highest BCUT2D eigenvalue weighted by molar-refractivity contribution is 5.86. The molecule has 0 aliphatic heterocycles. The van der Waals surface area contributed by atoms with Gasteiger partial charge in [-0.3, -0.25) is 4.79 Å². The van der Waals surface area contributed by atoms with Crippen molar-refractivity contribution in [2.24, 2.45) is 0 Å². The molecule has 98 valence electrons. The average Bonchev–Trinajstić information content (AvgIpc) is 2.46. The number of Topliss-reactive ketones (excluding diaryl/α,β-unsaturated/α-hetero) is 1. The first kappa shape index (κ1) is 12.5. The van der Waals surface area contributed by atoms with Gasteiger partial charge < -0.3 is 0 Å². The number of ketones is 1. The average molecular weight is 262 g/mol. The van der Waals surface area contributed by atoms with Crippen molar-refractivity contribution in [1.82, 2.24) is 9.97 Å². The smallest absolute Gasteiger partial charge is 0.137 e. The van der Waals surface area contributed by atoms with Crippen LogP contribution in [0.3, 0.4) is 0 Å². The molecule has 2 aromatic carbocycles. The molecule has 0 amide bonds. The Hall–Kier alpha value is -2.55. The molecule has 3 aromatic rings. The Bertz CT molecular complexity index is 781. The SMILES string of the molecule is CC(=O)Cc1nccc(-c2ccc3ccccc3c2)n1. The molecule has 0 aliphatic rings. The van der Waals surface area contributed by atoms with Gasteiger partial charge in [0.15, 0.2) is 0 Å². The van der Waals surface area contributed by atoms with Gasteiger partial charge in [0.2, 0.25) is 0 Å². The van der Waals surface area contributed by atoms with Crippen LogP contribution in [-0.2, 0) is 11.2 Å². The molecule has 0 radical (unpaired) electrons. The van der Waals surface area contributed by atoms with Gasteiger partial charge in [-0.05, 0) is 29.8 Å². The lowest BCUT2D eigenvalue weighted by atomic mass is 10.0. The van der Waals surface area contributed by atoms with Crippen molar-refractivity contribution < 1.29 is 4.79 Å². The first-order valence-electron chi connectivity index (χ1n) is 6.53. The Morgan fingerprint density at radius 1 is 1.05 bits per heavy atom. The van der Waals surface area contributed by atoms with Crippen LogP contribution in [0.2, 0.25) is 0 Å². The zero-order valence-corrected chi connectivity index (χ0v) is 11.2. The minimum Gasteiger partial charge on any atom is -0.300 e. The third-order valence-electron chi connectivity index (χ3n) is 3.16. The molecular weight excluding hydrogens is 248 g/mol. The van der Waals surface area contributed by atoms with E-state index in [9.17, 15) is 4.79 Å². The van der Waals surface area contributed by atoms with Gasteiger partial charge in [0, 0.05) is 11.8 Å². The van der Waals surface area contributed by atoms with Crippen molar-refractivity contribution >= 4 is 16.6 Å². The van der Waals surface area contributed by atoms with Crippen molar-refractivity contribution in [3.05, 3.63) is 60.6 Å². The summed E-state index contributed by atoms with van der Waals surface area (Å²) in [4.78, 5) is 19.7. The van der Waals surface area contributed by atoms with Crippen LogP contribution in [0.15, 0.2) is 54.7 Å². The maximum Gasteiger partial charge on any atom is 0.137 e. The van der Waals surface area contributed by atoms with Crippen LogP contribution >= 0.6 is 0 Å². The summed E-state index contributed by atoms with van der Waals surface area (Å²) >= 11 is 0. The highest BCUT2D eigenvalue weighted by Gasteiger charge is 2.05. The largest absolute Gasteiger partial charge is 0.300 e. The zero-order chi connectivity index (χ0) is 13.9. The van der Waals surface area contributed by atoms with Crippen LogP contribution in [0.4, 0.5) is 0 Å². The Morgan fingerprint density at radius 3 is 2.65 bits per heavy atom. The Morgan fingerprint density at radius 2 is 1.85 bits per heavy atom. The summed E-state index contributed by atoms with van der Waals surface area (Å²) in [6, 6.07) is 16.3. The van der Waals surface area contributed by atoms with E-state index >= 15 is 0 Å². The number of carbonyl (C=O) groups excluding carboxylic acids is 1. The second-order valence-corrected chi connectivity index (χ2v) is 4.80. The molecule has 0 bridgehead atoms. The predicted octanol–water partition coefficient (Wildman–Crippen LogP) is 3.43. The van der Waals surface area contributed by atoms with Gasteiger partial charge in [0.1, 0.15) is 11.6 Å². The lowest BCUT2D eigenvalue weighted by Crippen LogP contribution is -2.02. The van der Waals surface area contributed by atoms with E-state index in [0.29, 0.717) is 5.82 Å². The van der Waals surface area contributed by atoms with E-state index in [1.54, 1.807) is 13.1 Å². The number of nitrogens with zero attached hydrogens (tertiary/aromatic N) is 2. The Labute approximate surface area is 117 Å². The van der Waals surface area contributed by atoms with Gasteiger partial charge in [-0.25, -0.2) is 9.97 Å². The number of fused-ring (bicyclic) bond motifs is 1. The normalized spacial score (nSPS) is 10.7. The molecule has 1 heterocycles. The molecule has 20 heavy (non-hydrogen) atoms. The fraction of sp³-hybridized carbons (Fsp3) is 0.118. The lowest BCUT2D eigenvalue weighted by Gasteiger charge is -2.05. The van der Waals surface area contributed by atoms with E-state index in [0.717, 1.165) is 11.3 Å². The van der Waals surface area contributed by atoms with Gasteiger partial charge in [-0.1, -0.05) is 36.4 Å². The summed E-state index contributed by atoms with van der Waals surface area (Å²) in [6.45, 7) is 1.55.